The van der Waals surface area contributed by atoms with Crippen LogP contribution in [-0.2, 0) is 0 Å². The van der Waals surface area contributed by atoms with E-state index >= 15 is 0 Å². The zero-order valence-electron chi connectivity index (χ0n) is 12.5. The summed E-state index contributed by atoms with van der Waals surface area (Å²) in [5.41, 5.74) is 7.34. The number of hydrogen-bond acceptors (Lipinski definition) is 2. The fourth-order valence-corrected chi connectivity index (χ4v) is 3.49. The normalized spacial score (nSPS) is 28.4. The van der Waals surface area contributed by atoms with Gasteiger partial charge < -0.3 is 10.8 Å². The lowest BCUT2D eigenvalue weighted by molar-refractivity contribution is -0.0108. The number of aryl methyl sites for hydroxylation is 1. The predicted molar refractivity (Wildman–Crippen MR) is 79.8 cm³/mol. The maximum Gasteiger partial charge on any atom is 0.123 e. The molecule has 0 radical (unpaired) electrons. The lowest BCUT2D eigenvalue weighted by Crippen LogP contribution is -2.40. The molecule has 0 aromatic heterocycles. The molecule has 0 heterocycles. The highest BCUT2D eigenvalue weighted by molar-refractivity contribution is 5.30. The second-order valence-corrected chi connectivity index (χ2v) is 6.32. The summed E-state index contributed by atoms with van der Waals surface area (Å²) in [5, 5.41) is 10.8. The van der Waals surface area contributed by atoms with E-state index in [0.717, 1.165) is 37.2 Å². The predicted octanol–water partition coefficient (Wildman–Crippen LogP) is 3.71. The van der Waals surface area contributed by atoms with Crippen LogP contribution in [0, 0.1) is 24.1 Å². The summed E-state index contributed by atoms with van der Waals surface area (Å²) in [6.07, 6.45) is 4.60. The van der Waals surface area contributed by atoms with Crippen molar-refractivity contribution in [2.24, 2.45) is 17.1 Å². The van der Waals surface area contributed by atoms with Gasteiger partial charge in [-0.3, -0.25) is 0 Å². The maximum absolute atomic E-state index is 13.5. The Kier molecular flexibility index (Phi) is 4.82. The summed E-state index contributed by atoms with van der Waals surface area (Å²) in [6, 6.07) is 4.63. The first kappa shape index (κ1) is 15.5. The molecule has 2 rings (SSSR count). The van der Waals surface area contributed by atoms with Crippen LogP contribution in [0.2, 0.25) is 0 Å². The van der Waals surface area contributed by atoms with Crippen molar-refractivity contribution < 1.29 is 9.50 Å². The third-order valence-corrected chi connectivity index (χ3v) is 5.20. The van der Waals surface area contributed by atoms with Gasteiger partial charge in [0.25, 0.3) is 0 Å². The van der Waals surface area contributed by atoms with Gasteiger partial charge in [0.05, 0.1) is 6.10 Å². The van der Waals surface area contributed by atoms with Crippen molar-refractivity contribution in [2.75, 3.05) is 6.54 Å². The number of nitrogens with two attached hydrogens (primary N) is 1. The first-order valence-corrected chi connectivity index (χ1v) is 7.66. The highest BCUT2D eigenvalue weighted by Crippen LogP contribution is 2.48. The SMILES string of the molecule is CCC1CCC(CN)(C(O)c2cc(F)ccc2C)CC1. The average Bonchev–Trinajstić information content (AvgIpc) is 2.49. The van der Waals surface area contributed by atoms with Gasteiger partial charge in [0, 0.05) is 12.0 Å². The molecular weight excluding hydrogens is 253 g/mol. The number of rotatable bonds is 4. The molecule has 2 nitrogen and oxygen atoms in total. The lowest BCUT2D eigenvalue weighted by Gasteiger charge is -2.43. The highest BCUT2D eigenvalue weighted by Gasteiger charge is 2.41. The molecule has 0 saturated heterocycles. The number of aliphatic hydroxyl groups is 1. The minimum Gasteiger partial charge on any atom is -0.388 e. The van der Waals surface area contributed by atoms with Crippen molar-refractivity contribution in [3.8, 4) is 0 Å². The molecular formula is C17H26FNO. The van der Waals surface area contributed by atoms with E-state index in [9.17, 15) is 9.50 Å². The third kappa shape index (κ3) is 2.89. The second-order valence-electron chi connectivity index (χ2n) is 6.32. The van der Waals surface area contributed by atoms with Crippen LogP contribution < -0.4 is 5.73 Å². The molecule has 1 aromatic rings. The zero-order chi connectivity index (χ0) is 14.8. The smallest absolute Gasteiger partial charge is 0.123 e. The topological polar surface area (TPSA) is 46.2 Å². The summed E-state index contributed by atoms with van der Waals surface area (Å²) >= 11 is 0. The quantitative estimate of drug-likeness (QED) is 0.882. The summed E-state index contributed by atoms with van der Waals surface area (Å²) in [7, 11) is 0. The molecule has 0 aliphatic heterocycles. The van der Waals surface area contributed by atoms with Gasteiger partial charge in [-0.2, -0.15) is 0 Å². The summed E-state index contributed by atoms with van der Waals surface area (Å²) in [6.45, 7) is 4.59. The summed E-state index contributed by atoms with van der Waals surface area (Å²) in [5.74, 6) is 0.453. The van der Waals surface area contributed by atoms with E-state index in [1.165, 1.54) is 18.6 Å². The monoisotopic (exact) mass is 279 g/mol. The third-order valence-electron chi connectivity index (χ3n) is 5.20. The molecule has 1 aliphatic carbocycles. The zero-order valence-corrected chi connectivity index (χ0v) is 12.5. The van der Waals surface area contributed by atoms with Gasteiger partial charge >= 0.3 is 0 Å². The van der Waals surface area contributed by atoms with Crippen molar-refractivity contribution in [2.45, 2.75) is 52.1 Å². The lowest BCUT2D eigenvalue weighted by atomic mass is 9.65. The van der Waals surface area contributed by atoms with Gasteiger partial charge in [0.1, 0.15) is 5.82 Å². The van der Waals surface area contributed by atoms with Crippen LogP contribution in [0.25, 0.3) is 0 Å². The Morgan fingerprint density at radius 2 is 2.05 bits per heavy atom. The van der Waals surface area contributed by atoms with Crippen LogP contribution in [-0.4, -0.2) is 11.7 Å². The number of benzene rings is 1. The molecule has 0 bridgehead atoms. The number of halogens is 1. The number of hydrogen-bond donors (Lipinski definition) is 2. The van der Waals surface area contributed by atoms with Gasteiger partial charge in [0.15, 0.2) is 0 Å². The highest BCUT2D eigenvalue weighted by atomic mass is 19.1. The van der Waals surface area contributed by atoms with Crippen molar-refractivity contribution >= 4 is 0 Å². The van der Waals surface area contributed by atoms with E-state index in [-0.39, 0.29) is 11.2 Å². The summed E-state index contributed by atoms with van der Waals surface area (Å²) in [4.78, 5) is 0. The molecule has 1 fully saturated rings. The minimum absolute atomic E-state index is 0.287. The van der Waals surface area contributed by atoms with Crippen LogP contribution in [0.5, 0.6) is 0 Å². The van der Waals surface area contributed by atoms with E-state index in [0.29, 0.717) is 12.1 Å². The van der Waals surface area contributed by atoms with Crippen molar-refractivity contribution in [1.82, 2.24) is 0 Å². The molecule has 1 unspecified atom stereocenters. The first-order chi connectivity index (χ1) is 9.52. The van der Waals surface area contributed by atoms with Crippen molar-refractivity contribution in [3.63, 3.8) is 0 Å². The van der Waals surface area contributed by atoms with E-state index in [4.69, 9.17) is 5.73 Å². The second kappa shape index (κ2) is 6.23. The van der Waals surface area contributed by atoms with Crippen molar-refractivity contribution in [3.05, 3.63) is 35.1 Å². The molecule has 20 heavy (non-hydrogen) atoms. The molecule has 1 atom stereocenters. The van der Waals surface area contributed by atoms with E-state index in [1.807, 2.05) is 6.92 Å². The van der Waals surface area contributed by atoms with E-state index in [2.05, 4.69) is 6.92 Å². The van der Waals surface area contributed by atoms with Gasteiger partial charge in [-0.05, 0) is 61.8 Å². The van der Waals surface area contributed by atoms with Crippen LogP contribution in [0.1, 0.15) is 56.3 Å². The fraction of sp³-hybridized carbons (Fsp3) is 0.647. The van der Waals surface area contributed by atoms with Crippen LogP contribution in [0.3, 0.4) is 0 Å². The first-order valence-electron chi connectivity index (χ1n) is 7.66. The molecule has 1 aromatic carbocycles. The molecule has 112 valence electrons. The van der Waals surface area contributed by atoms with Gasteiger partial charge in [-0.15, -0.1) is 0 Å². The Morgan fingerprint density at radius 3 is 2.60 bits per heavy atom. The minimum atomic E-state index is -0.666. The van der Waals surface area contributed by atoms with Crippen LogP contribution in [0.4, 0.5) is 4.39 Å². The standard InChI is InChI=1S/C17H26FNO/c1-3-13-6-8-17(11-19,9-7-13)16(20)15-10-14(18)5-4-12(15)2/h4-5,10,13,16,20H,3,6-9,11,19H2,1-2H3. The fourth-order valence-electron chi connectivity index (χ4n) is 3.49. The molecule has 0 amide bonds. The maximum atomic E-state index is 13.5. The Bertz CT molecular complexity index is 452. The van der Waals surface area contributed by atoms with Crippen LogP contribution >= 0.6 is 0 Å². The molecule has 3 heteroatoms. The molecule has 1 aliphatic rings. The van der Waals surface area contributed by atoms with E-state index in [1.54, 1.807) is 6.07 Å². The van der Waals surface area contributed by atoms with Gasteiger partial charge in [-0.25, -0.2) is 4.39 Å². The van der Waals surface area contributed by atoms with Crippen LogP contribution in [0.15, 0.2) is 18.2 Å². The molecule has 0 spiro atoms. The van der Waals surface area contributed by atoms with Crippen molar-refractivity contribution in [1.29, 1.82) is 0 Å². The Morgan fingerprint density at radius 1 is 1.40 bits per heavy atom. The Balaban J connectivity index is 2.25. The Labute approximate surface area is 121 Å². The molecule has 3 N–H and O–H groups in total. The number of aliphatic hydroxyl groups excluding tert-OH is 1. The summed E-state index contributed by atoms with van der Waals surface area (Å²) < 4.78 is 13.5. The van der Waals surface area contributed by atoms with Gasteiger partial charge in [-0.1, -0.05) is 19.4 Å². The average molecular weight is 279 g/mol. The Hall–Kier alpha value is -0.930. The van der Waals surface area contributed by atoms with E-state index < -0.39 is 6.10 Å². The molecule has 1 saturated carbocycles. The van der Waals surface area contributed by atoms with Gasteiger partial charge in [0.2, 0.25) is 0 Å². The largest absolute Gasteiger partial charge is 0.388 e.